The van der Waals surface area contributed by atoms with Crippen LogP contribution in [0.25, 0.3) is 0 Å². The Kier molecular flexibility index (Phi) is 5.67. The molecule has 2 rings (SSSR count). The first kappa shape index (κ1) is 17.9. The van der Waals surface area contributed by atoms with Gasteiger partial charge in [-0.25, -0.2) is 5.43 Å². The molecule has 0 aliphatic heterocycles. The molecule has 0 saturated heterocycles. The van der Waals surface area contributed by atoms with E-state index in [-0.39, 0.29) is 12.5 Å². The number of hydrogen-bond acceptors (Lipinski definition) is 6. The predicted molar refractivity (Wildman–Crippen MR) is 94.9 cm³/mol. The molecule has 0 atom stereocenters. The van der Waals surface area contributed by atoms with Crippen molar-refractivity contribution in [3.05, 3.63) is 63.2 Å². The molecule has 0 fully saturated rings. The largest absolute Gasteiger partial charge is 0.502 e. The van der Waals surface area contributed by atoms with E-state index in [2.05, 4.69) is 15.8 Å². The Bertz CT molecular complexity index is 833. The summed E-state index contributed by atoms with van der Waals surface area (Å²) >= 11 is 0. The lowest BCUT2D eigenvalue weighted by atomic mass is 10.1. The standard InChI is InChI=1S/C17H18N4O4/c1-11-3-5-14(7-12(11)2)18-10-17(23)20-19-9-13-4-6-16(22)15(8-13)21(24)25/h3-9,18,22H,10H2,1-2H3,(H,20,23)/b19-9-. The van der Waals surface area contributed by atoms with Crippen LogP contribution >= 0.6 is 0 Å². The van der Waals surface area contributed by atoms with E-state index in [0.29, 0.717) is 5.56 Å². The number of aromatic hydroxyl groups is 1. The molecule has 0 aromatic heterocycles. The number of hydrogen-bond donors (Lipinski definition) is 3. The molecule has 2 aromatic rings. The topological polar surface area (TPSA) is 117 Å². The maximum atomic E-state index is 11.8. The van der Waals surface area contributed by atoms with Crippen LogP contribution in [0.5, 0.6) is 5.75 Å². The number of phenols is 1. The fourth-order valence-electron chi connectivity index (χ4n) is 2.02. The minimum atomic E-state index is -0.696. The normalized spacial score (nSPS) is 10.6. The van der Waals surface area contributed by atoms with Gasteiger partial charge >= 0.3 is 5.69 Å². The van der Waals surface area contributed by atoms with Gasteiger partial charge in [-0.15, -0.1) is 0 Å². The van der Waals surface area contributed by atoms with E-state index in [1.54, 1.807) is 0 Å². The summed E-state index contributed by atoms with van der Waals surface area (Å²) < 4.78 is 0. The van der Waals surface area contributed by atoms with Crippen molar-refractivity contribution in [2.45, 2.75) is 13.8 Å². The molecule has 0 radical (unpaired) electrons. The summed E-state index contributed by atoms with van der Waals surface area (Å²) in [6, 6.07) is 9.60. The van der Waals surface area contributed by atoms with Gasteiger partial charge in [0.15, 0.2) is 5.75 Å². The van der Waals surface area contributed by atoms with Gasteiger partial charge in [-0.05, 0) is 49.2 Å². The third-order valence-corrected chi connectivity index (χ3v) is 3.56. The van der Waals surface area contributed by atoms with E-state index in [0.717, 1.165) is 17.3 Å². The van der Waals surface area contributed by atoms with E-state index in [1.807, 2.05) is 32.0 Å². The molecule has 3 N–H and O–H groups in total. The number of anilines is 1. The molecule has 25 heavy (non-hydrogen) atoms. The van der Waals surface area contributed by atoms with E-state index in [1.165, 1.54) is 23.9 Å². The van der Waals surface area contributed by atoms with E-state index < -0.39 is 16.4 Å². The molecule has 0 spiro atoms. The summed E-state index contributed by atoms with van der Waals surface area (Å²) in [6.45, 7) is 4.03. The van der Waals surface area contributed by atoms with Crippen molar-refractivity contribution in [1.29, 1.82) is 0 Å². The van der Waals surface area contributed by atoms with Crippen molar-refractivity contribution in [1.82, 2.24) is 5.43 Å². The highest BCUT2D eigenvalue weighted by atomic mass is 16.6. The van der Waals surface area contributed by atoms with Crippen LogP contribution in [0.2, 0.25) is 0 Å². The second-order valence-electron chi connectivity index (χ2n) is 5.45. The van der Waals surface area contributed by atoms with Crippen LogP contribution in [0.4, 0.5) is 11.4 Å². The minimum absolute atomic E-state index is 0.0373. The average Bonchev–Trinajstić information content (AvgIpc) is 2.57. The zero-order valence-corrected chi connectivity index (χ0v) is 13.8. The van der Waals surface area contributed by atoms with Crippen LogP contribution in [-0.4, -0.2) is 28.7 Å². The molecular weight excluding hydrogens is 324 g/mol. The first-order valence-electron chi connectivity index (χ1n) is 7.47. The van der Waals surface area contributed by atoms with Gasteiger partial charge in [0.1, 0.15) is 0 Å². The lowest BCUT2D eigenvalue weighted by Crippen LogP contribution is -2.25. The molecule has 0 aliphatic carbocycles. The van der Waals surface area contributed by atoms with Gasteiger partial charge in [0.25, 0.3) is 5.91 Å². The number of rotatable bonds is 6. The summed E-state index contributed by atoms with van der Waals surface area (Å²) in [4.78, 5) is 21.8. The molecule has 0 heterocycles. The molecule has 8 heteroatoms. The van der Waals surface area contributed by atoms with E-state index in [4.69, 9.17) is 0 Å². The Hall–Kier alpha value is -3.42. The SMILES string of the molecule is Cc1ccc(NCC(=O)N/N=C\c2ccc(O)c([N+](=O)[O-])c2)cc1C. The Morgan fingerprint density at radius 3 is 2.68 bits per heavy atom. The predicted octanol–water partition coefficient (Wildman–Crippen LogP) is 2.48. The number of nitro benzene ring substituents is 1. The molecular formula is C17H18N4O4. The molecule has 1 amide bonds. The van der Waals surface area contributed by atoms with Crippen molar-refractivity contribution in [3.8, 4) is 5.75 Å². The number of amides is 1. The lowest BCUT2D eigenvalue weighted by Gasteiger charge is -2.07. The van der Waals surface area contributed by atoms with Crippen LogP contribution in [-0.2, 0) is 4.79 Å². The first-order valence-corrected chi connectivity index (χ1v) is 7.47. The number of carbonyl (C=O) groups is 1. The number of phenolic OH excluding ortho intramolecular Hbond substituents is 1. The van der Waals surface area contributed by atoms with E-state index in [9.17, 15) is 20.0 Å². The molecule has 130 valence electrons. The maximum absolute atomic E-state index is 11.8. The van der Waals surface area contributed by atoms with Gasteiger partial charge in [-0.1, -0.05) is 6.07 Å². The van der Waals surface area contributed by atoms with Crippen LogP contribution in [0.15, 0.2) is 41.5 Å². The molecule has 0 unspecified atom stereocenters. The smallest absolute Gasteiger partial charge is 0.311 e. The summed E-state index contributed by atoms with van der Waals surface area (Å²) in [5.41, 5.74) is 5.40. The van der Waals surface area contributed by atoms with Crippen molar-refractivity contribution in [2.75, 3.05) is 11.9 Å². The quantitative estimate of drug-likeness (QED) is 0.423. The zero-order chi connectivity index (χ0) is 18.4. The Labute approximate surface area is 144 Å². The fourth-order valence-corrected chi connectivity index (χ4v) is 2.02. The zero-order valence-electron chi connectivity index (χ0n) is 13.8. The summed E-state index contributed by atoms with van der Waals surface area (Å²) in [7, 11) is 0. The maximum Gasteiger partial charge on any atom is 0.311 e. The van der Waals surface area contributed by atoms with Crippen molar-refractivity contribution >= 4 is 23.5 Å². The second-order valence-corrected chi connectivity index (χ2v) is 5.45. The van der Waals surface area contributed by atoms with Gasteiger partial charge in [0.2, 0.25) is 0 Å². The highest BCUT2D eigenvalue weighted by molar-refractivity contribution is 5.85. The highest BCUT2D eigenvalue weighted by Crippen LogP contribution is 2.25. The van der Waals surface area contributed by atoms with Gasteiger partial charge in [0.05, 0.1) is 17.7 Å². The average molecular weight is 342 g/mol. The number of benzene rings is 2. The lowest BCUT2D eigenvalue weighted by molar-refractivity contribution is -0.385. The highest BCUT2D eigenvalue weighted by Gasteiger charge is 2.12. The number of nitrogens with zero attached hydrogens (tertiary/aromatic N) is 2. The van der Waals surface area contributed by atoms with Gasteiger partial charge in [-0.3, -0.25) is 14.9 Å². The minimum Gasteiger partial charge on any atom is -0.502 e. The number of aryl methyl sites for hydroxylation is 2. The number of nitro groups is 1. The Morgan fingerprint density at radius 2 is 2.00 bits per heavy atom. The van der Waals surface area contributed by atoms with E-state index >= 15 is 0 Å². The van der Waals surface area contributed by atoms with Crippen LogP contribution in [0.1, 0.15) is 16.7 Å². The summed E-state index contributed by atoms with van der Waals surface area (Å²) in [5, 5.41) is 26.8. The molecule has 0 bridgehead atoms. The van der Waals surface area contributed by atoms with Crippen LogP contribution in [0, 0.1) is 24.0 Å². The third-order valence-electron chi connectivity index (χ3n) is 3.56. The van der Waals surface area contributed by atoms with Gasteiger partial charge in [0, 0.05) is 17.3 Å². The molecule has 2 aromatic carbocycles. The van der Waals surface area contributed by atoms with Crippen molar-refractivity contribution in [3.63, 3.8) is 0 Å². The molecule has 0 aliphatic rings. The number of hydrazone groups is 1. The first-order chi connectivity index (χ1) is 11.9. The second kappa shape index (κ2) is 7.91. The number of carbonyl (C=O) groups excluding carboxylic acids is 1. The Morgan fingerprint density at radius 1 is 1.24 bits per heavy atom. The van der Waals surface area contributed by atoms with Crippen LogP contribution < -0.4 is 10.7 Å². The monoisotopic (exact) mass is 342 g/mol. The third kappa shape index (κ3) is 5.03. The van der Waals surface area contributed by atoms with Gasteiger partial charge < -0.3 is 10.4 Å². The Balaban J connectivity index is 1.89. The fraction of sp³-hybridized carbons (Fsp3) is 0.176. The van der Waals surface area contributed by atoms with Gasteiger partial charge in [-0.2, -0.15) is 5.10 Å². The molecule has 0 saturated carbocycles. The molecule has 8 nitrogen and oxygen atoms in total. The number of nitrogens with one attached hydrogen (secondary N) is 2. The summed E-state index contributed by atoms with van der Waals surface area (Å²) in [5.74, 6) is -0.786. The van der Waals surface area contributed by atoms with Crippen molar-refractivity contribution in [2.24, 2.45) is 5.10 Å². The van der Waals surface area contributed by atoms with Crippen molar-refractivity contribution < 1.29 is 14.8 Å². The summed E-state index contributed by atoms with van der Waals surface area (Å²) in [6.07, 6.45) is 1.26. The van der Waals surface area contributed by atoms with Crippen LogP contribution in [0.3, 0.4) is 0 Å².